The number of rotatable bonds is 14. The molecule has 2 aliphatic heterocycles. The number of aryl methyl sites for hydroxylation is 2. The van der Waals surface area contributed by atoms with Gasteiger partial charge in [0.25, 0.3) is 0 Å². The number of hydrogen-bond acceptors (Lipinski definition) is 10. The number of halogens is 1. The second-order valence-corrected chi connectivity index (χ2v) is 16.4. The van der Waals surface area contributed by atoms with Crippen molar-refractivity contribution in [3.8, 4) is 5.75 Å². The van der Waals surface area contributed by atoms with Gasteiger partial charge in [0.05, 0.1) is 48.4 Å². The molecular formula is C42H46FN5O5S2. The number of carbonyl (C=O) groups is 2. The predicted octanol–water partition coefficient (Wildman–Crippen LogP) is 7.09. The van der Waals surface area contributed by atoms with Gasteiger partial charge in [0.15, 0.2) is 0 Å². The van der Waals surface area contributed by atoms with Crippen molar-refractivity contribution >= 4 is 60.4 Å². The summed E-state index contributed by atoms with van der Waals surface area (Å²) in [6.07, 6.45) is 0.0219. The van der Waals surface area contributed by atoms with Crippen molar-refractivity contribution in [3.63, 3.8) is 0 Å². The highest BCUT2D eigenvalue weighted by atomic mass is 32.1. The van der Waals surface area contributed by atoms with Gasteiger partial charge in [0, 0.05) is 98.4 Å². The number of ketones is 2. The zero-order valence-electron chi connectivity index (χ0n) is 31.4. The number of fused-ring (bicyclic) bond motifs is 2. The van der Waals surface area contributed by atoms with E-state index in [9.17, 15) is 14.0 Å². The number of nitrogens with one attached hydrogen (secondary N) is 1. The molecule has 13 heteroatoms. The van der Waals surface area contributed by atoms with Crippen LogP contribution in [0.4, 0.5) is 10.1 Å². The lowest BCUT2D eigenvalue weighted by Gasteiger charge is -2.33. The lowest BCUT2D eigenvalue weighted by atomic mass is 10.1. The second kappa shape index (κ2) is 16.4. The van der Waals surface area contributed by atoms with Gasteiger partial charge in [-0.1, -0.05) is 0 Å². The summed E-state index contributed by atoms with van der Waals surface area (Å²) in [5.41, 5.74) is 4.35. The van der Waals surface area contributed by atoms with Gasteiger partial charge in [-0.2, -0.15) is 0 Å². The molecule has 0 saturated carbocycles. The number of carbonyl (C=O) groups excluding carboxylic acids is 2. The zero-order valence-corrected chi connectivity index (χ0v) is 33.1. The number of methoxy groups -OCH3 is 1. The molecule has 8 rings (SSSR count). The molecule has 288 valence electrons. The Morgan fingerprint density at radius 1 is 0.782 bits per heavy atom. The van der Waals surface area contributed by atoms with Crippen LogP contribution in [0.5, 0.6) is 5.75 Å². The van der Waals surface area contributed by atoms with E-state index < -0.39 is 5.82 Å². The van der Waals surface area contributed by atoms with Crippen LogP contribution in [-0.4, -0.2) is 109 Å². The summed E-state index contributed by atoms with van der Waals surface area (Å²) < 4.78 is 35.3. The van der Waals surface area contributed by atoms with E-state index in [0.29, 0.717) is 29.2 Å². The molecular weight excluding hydrogens is 738 g/mol. The minimum Gasteiger partial charge on any atom is -0.496 e. The van der Waals surface area contributed by atoms with Crippen molar-refractivity contribution in [3.05, 3.63) is 105 Å². The van der Waals surface area contributed by atoms with Crippen LogP contribution >= 0.6 is 22.7 Å². The van der Waals surface area contributed by atoms with E-state index in [2.05, 4.69) is 50.2 Å². The molecule has 2 fully saturated rings. The molecule has 2 aromatic carbocycles. The molecule has 4 aromatic heterocycles. The number of thiophene rings is 2. The minimum atomic E-state index is -0.442. The number of nitrogens with zero attached hydrogens (tertiary/aromatic N) is 4. The summed E-state index contributed by atoms with van der Waals surface area (Å²) in [5, 5.41) is 5.66. The molecule has 6 heterocycles. The first-order valence-corrected chi connectivity index (χ1v) is 20.5. The molecule has 6 aromatic rings. The van der Waals surface area contributed by atoms with E-state index in [4.69, 9.17) is 14.2 Å². The summed E-state index contributed by atoms with van der Waals surface area (Å²) >= 11 is 3.04. The molecule has 0 spiro atoms. The van der Waals surface area contributed by atoms with Crippen LogP contribution in [0.3, 0.4) is 0 Å². The lowest BCUT2D eigenvalue weighted by Crippen LogP contribution is -2.46. The molecule has 0 amide bonds. The van der Waals surface area contributed by atoms with Crippen LogP contribution in [0.15, 0.2) is 66.7 Å². The summed E-state index contributed by atoms with van der Waals surface area (Å²) in [7, 11) is 1.44. The van der Waals surface area contributed by atoms with Gasteiger partial charge in [-0.25, -0.2) is 4.39 Å². The maximum absolute atomic E-state index is 13.8. The summed E-state index contributed by atoms with van der Waals surface area (Å²) in [6.45, 7) is 14.2. The number of morpholine rings is 2. The second-order valence-electron chi connectivity index (χ2n) is 14.3. The van der Waals surface area contributed by atoms with Crippen LogP contribution < -0.4 is 10.1 Å². The average molecular weight is 784 g/mol. The van der Waals surface area contributed by atoms with E-state index in [1.54, 1.807) is 11.3 Å². The third-order valence-corrected chi connectivity index (χ3v) is 13.0. The monoisotopic (exact) mass is 783 g/mol. The van der Waals surface area contributed by atoms with Gasteiger partial charge in [-0.3, -0.25) is 19.4 Å². The number of aromatic nitrogens is 2. The highest BCUT2D eigenvalue weighted by molar-refractivity contribution is 7.21. The Balaban J connectivity index is 0.843. The quantitative estimate of drug-likeness (QED) is 0.117. The van der Waals surface area contributed by atoms with Gasteiger partial charge < -0.3 is 28.7 Å². The lowest BCUT2D eigenvalue weighted by molar-refractivity contribution is -0.0219. The molecule has 55 heavy (non-hydrogen) atoms. The van der Waals surface area contributed by atoms with Crippen LogP contribution in [0, 0.1) is 19.7 Å². The van der Waals surface area contributed by atoms with Crippen molar-refractivity contribution in [2.75, 3.05) is 78.1 Å². The highest BCUT2D eigenvalue weighted by Gasteiger charge is 2.23. The van der Waals surface area contributed by atoms with Crippen LogP contribution in [-0.2, 0) is 22.6 Å². The first kappa shape index (κ1) is 37.5. The van der Waals surface area contributed by atoms with Crippen molar-refractivity contribution in [1.82, 2.24) is 18.9 Å². The predicted molar refractivity (Wildman–Crippen MR) is 217 cm³/mol. The Morgan fingerprint density at radius 2 is 1.40 bits per heavy atom. The Morgan fingerprint density at radius 3 is 2.05 bits per heavy atom. The third-order valence-electron chi connectivity index (χ3n) is 10.7. The first-order chi connectivity index (χ1) is 26.7. The molecule has 1 atom stereocenters. The van der Waals surface area contributed by atoms with Crippen LogP contribution in [0.2, 0.25) is 0 Å². The van der Waals surface area contributed by atoms with E-state index in [-0.39, 0.29) is 23.4 Å². The van der Waals surface area contributed by atoms with Crippen LogP contribution in [0.1, 0.15) is 41.9 Å². The molecule has 2 aliphatic rings. The van der Waals surface area contributed by atoms with Gasteiger partial charge in [0.2, 0.25) is 11.6 Å². The fourth-order valence-corrected chi connectivity index (χ4v) is 10.0. The smallest absolute Gasteiger partial charge is 0.206 e. The minimum absolute atomic E-state index is 0.0219. The molecule has 0 aliphatic carbocycles. The summed E-state index contributed by atoms with van der Waals surface area (Å²) in [6, 6.07) is 20.0. The maximum atomic E-state index is 13.8. The first-order valence-electron chi connectivity index (χ1n) is 18.8. The number of anilines is 1. The maximum Gasteiger partial charge on any atom is 0.206 e. The fourth-order valence-electron chi connectivity index (χ4n) is 7.64. The zero-order chi connectivity index (χ0) is 38.1. The molecule has 1 N–H and O–H groups in total. The fraction of sp³-hybridized carbons (Fsp3) is 0.381. The SMILES string of the molecule is COc1cc(F)ccc1C(=O)c1cc2cc(C)n(CCN3CCOC(CNc4ccc(C(=O)c5cc6cc(C)n(CCN7CCOCC7)c6s5)cc4)C3)c2s1. The van der Waals surface area contributed by atoms with E-state index in [1.165, 1.54) is 42.3 Å². The summed E-state index contributed by atoms with van der Waals surface area (Å²) in [4.78, 5) is 35.3. The van der Waals surface area contributed by atoms with Gasteiger partial charge in [0.1, 0.15) is 21.2 Å². The molecule has 0 bridgehead atoms. The number of hydrogen-bond donors (Lipinski definition) is 1. The molecule has 10 nitrogen and oxygen atoms in total. The number of benzene rings is 2. The standard InChI is InChI=1S/C42H46FN5O5S2/c1-27-20-30-22-37(54-41(30)47(27)12-10-45-14-17-52-18-15-45)39(49)29-4-7-33(8-5-29)44-25-34-26-46(16-19-53-34)11-13-48-28(2)21-31-23-38(55-42(31)48)40(50)35-9-6-32(43)24-36(35)51-3/h4-9,20-24,34,44H,10-19,25-26H2,1-3H3. The van der Waals surface area contributed by atoms with E-state index in [1.807, 2.05) is 36.4 Å². The Kier molecular flexibility index (Phi) is 11.2. The highest BCUT2D eigenvalue weighted by Crippen LogP contribution is 2.33. The van der Waals surface area contributed by atoms with Gasteiger partial charge in [-0.15, -0.1) is 22.7 Å². The Labute approximate surface area is 328 Å². The Bertz CT molecular complexity index is 2320. The third kappa shape index (κ3) is 8.14. The molecule has 1 unspecified atom stereocenters. The molecule has 0 radical (unpaired) electrons. The Hall–Kier alpha value is -4.37. The van der Waals surface area contributed by atoms with Crippen molar-refractivity contribution in [1.29, 1.82) is 0 Å². The largest absolute Gasteiger partial charge is 0.496 e. The topological polar surface area (TPSA) is 90.2 Å². The summed E-state index contributed by atoms with van der Waals surface area (Å²) in [5.74, 6) is -0.335. The normalized spacial score (nSPS) is 17.0. The van der Waals surface area contributed by atoms with Crippen molar-refractivity contribution in [2.24, 2.45) is 0 Å². The van der Waals surface area contributed by atoms with Crippen LogP contribution in [0.25, 0.3) is 20.4 Å². The van der Waals surface area contributed by atoms with E-state index >= 15 is 0 Å². The van der Waals surface area contributed by atoms with E-state index in [0.717, 1.165) is 102 Å². The average Bonchev–Trinajstić information content (AvgIpc) is 3.95. The molecule has 2 saturated heterocycles. The van der Waals surface area contributed by atoms with Gasteiger partial charge in [-0.05, 0) is 74.5 Å². The number of ether oxygens (including phenoxy) is 3. The van der Waals surface area contributed by atoms with Crippen molar-refractivity contribution < 1.29 is 28.2 Å². The van der Waals surface area contributed by atoms with Gasteiger partial charge >= 0.3 is 0 Å². The van der Waals surface area contributed by atoms with Crippen molar-refractivity contribution in [2.45, 2.75) is 33.0 Å².